The lowest BCUT2D eigenvalue weighted by Crippen LogP contribution is -2.32. The zero-order chi connectivity index (χ0) is 19.9. The molecule has 3 aromatic rings. The maximum Gasteiger partial charge on any atom is 0.214 e. The van der Waals surface area contributed by atoms with Crippen LogP contribution in [0.5, 0.6) is 0 Å². The first-order chi connectivity index (χ1) is 13.6. The summed E-state index contributed by atoms with van der Waals surface area (Å²) in [4.78, 5) is 24.7. The number of furan rings is 1. The van der Waals surface area contributed by atoms with Gasteiger partial charge in [0.25, 0.3) is 0 Å². The molecule has 2 aromatic carbocycles. The van der Waals surface area contributed by atoms with Crippen LogP contribution in [-0.2, 0) is 0 Å². The first-order valence-electron chi connectivity index (χ1n) is 9.41. The first kappa shape index (κ1) is 19.5. The van der Waals surface area contributed by atoms with Gasteiger partial charge in [0.1, 0.15) is 5.76 Å². The number of hydrogen-bond acceptors (Lipinski definition) is 4. The number of hydrogen-bond donors (Lipinski definition) is 0. The van der Waals surface area contributed by atoms with Crippen LogP contribution in [0, 0.1) is 16.0 Å². The molecule has 0 spiro atoms. The number of carbonyl (C=O) groups is 1. The van der Waals surface area contributed by atoms with Gasteiger partial charge in [0.2, 0.25) is 6.54 Å². The number of carbonyl (C=O) groups excluding carboxylic acids is 1. The normalized spacial score (nSPS) is 14.2. The van der Waals surface area contributed by atoms with Crippen LogP contribution in [-0.4, -0.2) is 17.3 Å². The van der Waals surface area contributed by atoms with Crippen LogP contribution in [0.25, 0.3) is 0 Å². The van der Waals surface area contributed by atoms with Gasteiger partial charge in [-0.15, -0.1) is 0 Å². The molecule has 144 valence electrons. The molecule has 0 saturated heterocycles. The minimum absolute atomic E-state index is 0.0976. The Labute approximate surface area is 164 Å². The lowest BCUT2D eigenvalue weighted by Gasteiger charge is -2.30. The van der Waals surface area contributed by atoms with Crippen molar-refractivity contribution in [2.24, 2.45) is 5.92 Å². The summed E-state index contributed by atoms with van der Waals surface area (Å²) in [5.74, 6) is -1.04. The third-order valence-electron chi connectivity index (χ3n) is 5.15. The van der Waals surface area contributed by atoms with Gasteiger partial charge < -0.3 is 4.42 Å². The van der Waals surface area contributed by atoms with E-state index in [0.717, 1.165) is 5.56 Å². The highest BCUT2D eigenvalue weighted by molar-refractivity contribution is 5.99. The summed E-state index contributed by atoms with van der Waals surface area (Å²) in [7, 11) is 0. The van der Waals surface area contributed by atoms with E-state index in [1.165, 1.54) is 6.26 Å². The molecule has 0 unspecified atom stereocenters. The van der Waals surface area contributed by atoms with E-state index in [1.807, 2.05) is 55.5 Å². The molecule has 3 rings (SSSR count). The van der Waals surface area contributed by atoms with Gasteiger partial charge in [-0.2, -0.15) is 0 Å². The molecule has 5 nitrogen and oxygen atoms in total. The Hall–Kier alpha value is -3.21. The Morgan fingerprint density at radius 1 is 0.964 bits per heavy atom. The van der Waals surface area contributed by atoms with Gasteiger partial charge in [0, 0.05) is 16.4 Å². The van der Waals surface area contributed by atoms with Crippen molar-refractivity contribution >= 4 is 5.78 Å². The zero-order valence-electron chi connectivity index (χ0n) is 15.7. The Kier molecular flexibility index (Phi) is 6.37. The standard InChI is InChI=1S/C23H23NO4/c1-2-19(17-10-5-3-6-11-17)22(23(25)18-12-7-4-8-13-18)20(16-24(26)27)21-14-9-15-28-21/h3-15,19-20,22H,2,16H2,1H3/t19-,20+,22+/m0/s1. The fraction of sp³-hybridized carbons (Fsp3) is 0.261. The SMILES string of the molecule is CC[C@@H](c1ccccc1)[C@@H](C(=O)c1ccccc1)[C@H](C[N+](=O)[O-])c1ccco1. The van der Waals surface area contributed by atoms with Crippen LogP contribution in [0.2, 0.25) is 0 Å². The average Bonchev–Trinajstić information content (AvgIpc) is 3.26. The number of benzene rings is 2. The number of Topliss-reactive ketones (excluding diaryl/α,β-unsaturated/α-hetero) is 1. The van der Waals surface area contributed by atoms with Gasteiger partial charge in [-0.25, -0.2) is 0 Å². The number of nitro groups is 1. The lowest BCUT2D eigenvalue weighted by molar-refractivity contribution is -0.485. The minimum Gasteiger partial charge on any atom is -0.469 e. The molecule has 0 fully saturated rings. The van der Waals surface area contributed by atoms with E-state index in [-0.39, 0.29) is 23.2 Å². The van der Waals surface area contributed by atoms with E-state index in [4.69, 9.17) is 4.42 Å². The summed E-state index contributed by atoms with van der Waals surface area (Å²) >= 11 is 0. The van der Waals surface area contributed by atoms with Crippen molar-refractivity contribution in [3.8, 4) is 0 Å². The summed E-state index contributed by atoms with van der Waals surface area (Å²) in [6.45, 7) is 1.65. The van der Waals surface area contributed by atoms with E-state index in [0.29, 0.717) is 17.7 Å². The molecule has 0 aliphatic rings. The van der Waals surface area contributed by atoms with Crippen molar-refractivity contribution in [3.05, 3.63) is 106 Å². The summed E-state index contributed by atoms with van der Waals surface area (Å²) in [5, 5.41) is 11.5. The van der Waals surface area contributed by atoms with Gasteiger partial charge >= 0.3 is 0 Å². The quantitative estimate of drug-likeness (QED) is 0.287. The molecule has 1 heterocycles. The topological polar surface area (TPSA) is 73.3 Å². The second-order valence-electron chi connectivity index (χ2n) is 6.82. The predicted octanol–water partition coefficient (Wildman–Crippen LogP) is 5.33. The Balaban J connectivity index is 2.11. The van der Waals surface area contributed by atoms with E-state index >= 15 is 0 Å². The van der Waals surface area contributed by atoms with Gasteiger partial charge in [-0.3, -0.25) is 14.9 Å². The second-order valence-corrected chi connectivity index (χ2v) is 6.82. The van der Waals surface area contributed by atoms with Crippen LogP contribution in [0.15, 0.2) is 83.5 Å². The highest BCUT2D eigenvalue weighted by Crippen LogP contribution is 2.40. The fourth-order valence-electron chi connectivity index (χ4n) is 3.88. The molecule has 28 heavy (non-hydrogen) atoms. The highest BCUT2D eigenvalue weighted by Gasteiger charge is 2.40. The van der Waals surface area contributed by atoms with E-state index in [9.17, 15) is 14.9 Å². The van der Waals surface area contributed by atoms with Crippen molar-refractivity contribution in [2.75, 3.05) is 6.54 Å². The van der Waals surface area contributed by atoms with Crippen molar-refractivity contribution in [2.45, 2.75) is 25.2 Å². The molecule has 0 saturated carbocycles. The Morgan fingerprint density at radius 2 is 1.61 bits per heavy atom. The molecule has 0 N–H and O–H groups in total. The average molecular weight is 377 g/mol. The lowest BCUT2D eigenvalue weighted by atomic mass is 9.72. The van der Waals surface area contributed by atoms with Gasteiger partial charge in [0.15, 0.2) is 5.78 Å². The predicted molar refractivity (Wildman–Crippen MR) is 107 cm³/mol. The van der Waals surface area contributed by atoms with Crippen molar-refractivity contribution in [3.63, 3.8) is 0 Å². The maximum atomic E-state index is 13.6. The van der Waals surface area contributed by atoms with Crippen LogP contribution in [0.3, 0.4) is 0 Å². The van der Waals surface area contributed by atoms with E-state index in [1.54, 1.807) is 24.3 Å². The van der Waals surface area contributed by atoms with Gasteiger partial charge in [0.05, 0.1) is 12.2 Å². The number of rotatable bonds is 9. The van der Waals surface area contributed by atoms with E-state index < -0.39 is 11.8 Å². The van der Waals surface area contributed by atoms with Crippen LogP contribution < -0.4 is 0 Å². The molecule has 0 amide bonds. The first-order valence-corrected chi connectivity index (χ1v) is 9.41. The molecular formula is C23H23NO4. The second kappa shape index (κ2) is 9.13. The van der Waals surface area contributed by atoms with Crippen LogP contribution in [0.4, 0.5) is 0 Å². The van der Waals surface area contributed by atoms with Gasteiger partial charge in [-0.1, -0.05) is 67.6 Å². The zero-order valence-corrected chi connectivity index (χ0v) is 15.7. The molecule has 0 radical (unpaired) electrons. The summed E-state index contributed by atoms with van der Waals surface area (Å²) in [5.41, 5.74) is 1.56. The summed E-state index contributed by atoms with van der Waals surface area (Å²) < 4.78 is 5.54. The van der Waals surface area contributed by atoms with Crippen molar-refractivity contribution in [1.29, 1.82) is 0 Å². The summed E-state index contributed by atoms with van der Waals surface area (Å²) in [6, 6.07) is 22.1. The molecular weight excluding hydrogens is 354 g/mol. The molecule has 3 atom stereocenters. The molecule has 1 aromatic heterocycles. The third-order valence-corrected chi connectivity index (χ3v) is 5.15. The highest BCUT2D eigenvalue weighted by atomic mass is 16.6. The van der Waals surface area contributed by atoms with Crippen molar-refractivity contribution in [1.82, 2.24) is 0 Å². The molecule has 0 bridgehead atoms. The largest absolute Gasteiger partial charge is 0.469 e. The Bertz CT molecular complexity index is 891. The monoisotopic (exact) mass is 377 g/mol. The van der Waals surface area contributed by atoms with Gasteiger partial charge in [-0.05, 0) is 30.0 Å². The molecule has 5 heteroatoms. The van der Waals surface area contributed by atoms with Crippen molar-refractivity contribution < 1.29 is 14.1 Å². The fourth-order valence-corrected chi connectivity index (χ4v) is 3.88. The smallest absolute Gasteiger partial charge is 0.214 e. The molecule has 0 aliphatic heterocycles. The van der Waals surface area contributed by atoms with E-state index in [2.05, 4.69) is 0 Å². The minimum atomic E-state index is -0.650. The van der Waals surface area contributed by atoms with Crippen LogP contribution in [0.1, 0.15) is 46.9 Å². The summed E-state index contributed by atoms with van der Waals surface area (Å²) in [6.07, 6.45) is 2.18. The molecule has 0 aliphatic carbocycles. The Morgan fingerprint density at radius 3 is 2.14 bits per heavy atom. The maximum absolute atomic E-state index is 13.6. The van der Waals surface area contributed by atoms with Crippen LogP contribution >= 0.6 is 0 Å². The number of nitrogens with zero attached hydrogens (tertiary/aromatic N) is 1. The number of ketones is 1. The third kappa shape index (κ3) is 4.36.